The normalized spacial score (nSPS) is 23.5. The van der Waals surface area contributed by atoms with Crippen molar-refractivity contribution < 1.29 is 62.6 Å². The largest absolute Gasteiger partial charge is 0.508 e. The lowest BCUT2D eigenvalue weighted by molar-refractivity contribution is -0.144. The van der Waals surface area contributed by atoms with Gasteiger partial charge in [0.25, 0.3) is 0 Å². The molecule has 2 heterocycles. The van der Waals surface area contributed by atoms with Crippen molar-refractivity contribution in [2.24, 2.45) is 52.7 Å². The third-order valence-electron chi connectivity index (χ3n) is 12.7. The zero-order chi connectivity index (χ0) is 51.5. The van der Waals surface area contributed by atoms with Gasteiger partial charge in [-0.2, -0.15) is 0 Å². The number of carbonyl (C=O) groups is 12. The number of phenols is 1. The maximum absolute atomic E-state index is 14.6. The van der Waals surface area contributed by atoms with Crippen molar-refractivity contribution >= 4 is 70.4 Å². The molecule has 8 amide bonds. The molecule has 21 nitrogen and oxygen atoms in total. The van der Waals surface area contributed by atoms with Crippen LogP contribution in [0, 0.1) is 35.5 Å². The lowest BCUT2D eigenvalue weighted by Crippen LogP contribution is -2.51. The topological polar surface area (TPSA) is 354 Å². The van der Waals surface area contributed by atoms with Crippen molar-refractivity contribution in [2.75, 3.05) is 19.6 Å². The van der Waals surface area contributed by atoms with Gasteiger partial charge >= 0.3 is 0 Å². The molecule has 2 saturated heterocycles. The van der Waals surface area contributed by atoms with Crippen LogP contribution in [0.4, 0.5) is 0 Å². The summed E-state index contributed by atoms with van der Waals surface area (Å²) in [6.45, 7) is 6.30. The van der Waals surface area contributed by atoms with E-state index in [0.29, 0.717) is 18.4 Å². The SMILES string of the molecule is CC[C@H](C)[C@@H]1NC(=O)[C@H](Cc2ccc(O)cc2)CC(=O)CNC(=O)CC[C@@H](C(=O)N2CCC[C@H]2C(=O)C[C@@H](CC(C)C)C(=O)NCC(N)=O)CC(=O)[C@H](CC(N)=O)NC(=O)[C@H](CCC(N)=O)CC1=O. The Balaban J connectivity index is 2.06. The van der Waals surface area contributed by atoms with Gasteiger partial charge in [0, 0.05) is 68.7 Å². The number of likely N-dealkylation sites (tertiary alicyclic amines) is 1. The first kappa shape index (κ1) is 56.8. The molecular formula is C48H70N8O13. The Hall–Kier alpha value is -6.54. The first-order valence-electron chi connectivity index (χ1n) is 23.7. The van der Waals surface area contributed by atoms with E-state index in [1.165, 1.54) is 17.0 Å². The van der Waals surface area contributed by atoms with Gasteiger partial charge in [-0.3, -0.25) is 57.5 Å². The summed E-state index contributed by atoms with van der Waals surface area (Å²) < 4.78 is 0. The van der Waals surface area contributed by atoms with Crippen molar-refractivity contribution in [2.45, 2.75) is 136 Å². The van der Waals surface area contributed by atoms with Crippen LogP contribution < -0.4 is 38.5 Å². The Bertz CT molecular complexity index is 2080. The Labute approximate surface area is 401 Å². The van der Waals surface area contributed by atoms with Crippen molar-refractivity contribution in [1.29, 1.82) is 0 Å². The van der Waals surface area contributed by atoms with Gasteiger partial charge in [-0.05, 0) is 68.1 Å². The van der Waals surface area contributed by atoms with Crippen LogP contribution in [0.2, 0.25) is 0 Å². The zero-order valence-corrected chi connectivity index (χ0v) is 40.1. The maximum atomic E-state index is 14.6. The number of primary amides is 3. The van der Waals surface area contributed by atoms with E-state index in [4.69, 9.17) is 17.2 Å². The molecular weight excluding hydrogens is 897 g/mol. The summed E-state index contributed by atoms with van der Waals surface area (Å²) in [6.07, 6.45) is -2.67. The smallest absolute Gasteiger partial charge is 0.236 e. The van der Waals surface area contributed by atoms with Gasteiger partial charge in [0.05, 0.1) is 37.6 Å². The van der Waals surface area contributed by atoms with E-state index in [-0.39, 0.29) is 69.6 Å². The average Bonchev–Trinajstić information content (AvgIpc) is 3.78. The van der Waals surface area contributed by atoms with Crippen LogP contribution in [0.3, 0.4) is 0 Å². The summed E-state index contributed by atoms with van der Waals surface area (Å²) in [5.74, 6) is -13.7. The van der Waals surface area contributed by atoms with Gasteiger partial charge < -0.3 is 48.5 Å². The molecule has 0 bridgehead atoms. The number of benzene rings is 1. The van der Waals surface area contributed by atoms with E-state index in [1.54, 1.807) is 26.0 Å². The summed E-state index contributed by atoms with van der Waals surface area (Å²) in [6, 6.07) is 2.09. The van der Waals surface area contributed by atoms with Crippen LogP contribution in [0.5, 0.6) is 5.75 Å². The maximum Gasteiger partial charge on any atom is 0.236 e. The summed E-state index contributed by atoms with van der Waals surface area (Å²) in [4.78, 5) is 162. The van der Waals surface area contributed by atoms with E-state index >= 15 is 0 Å². The minimum atomic E-state index is -1.65. The molecule has 2 aliphatic heterocycles. The number of nitrogens with one attached hydrogen (secondary N) is 4. The van der Waals surface area contributed by atoms with Crippen LogP contribution in [-0.4, -0.2) is 118 Å². The summed E-state index contributed by atoms with van der Waals surface area (Å²) >= 11 is 0. The Kier molecular flexibility index (Phi) is 22.6. The van der Waals surface area contributed by atoms with Crippen molar-refractivity contribution in [3.05, 3.63) is 29.8 Å². The second-order valence-corrected chi connectivity index (χ2v) is 18.8. The fourth-order valence-electron chi connectivity index (χ4n) is 8.75. The van der Waals surface area contributed by atoms with Crippen LogP contribution in [0.25, 0.3) is 0 Å². The molecule has 11 N–H and O–H groups in total. The highest BCUT2D eigenvalue weighted by Crippen LogP contribution is 2.29. The second-order valence-electron chi connectivity index (χ2n) is 18.8. The third-order valence-corrected chi connectivity index (χ3v) is 12.7. The summed E-state index contributed by atoms with van der Waals surface area (Å²) in [7, 11) is 0. The first-order valence-corrected chi connectivity index (χ1v) is 23.7. The predicted molar refractivity (Wildman–Crippen MR) is 248 cm³/mol. The fraction of sp³-hybridized carbons (Fsp3) is 0.625. The number of hydrogen-bond donors (Lipinski definition) is 8. The number of phenolic OH excluding ortho intramolecular Hbond substituents is 1. The molecule has 0 unspecified atom stereocenters. The first-order chi connectivity index (χ1) is 32.5. The van der Waals surface area contributed by atoms with Crippen molar-refractivity contribution in [3.8, 4) is 5.75 Å². The Morgan fingerprint density at radius 2 is 1.49 bits per heavy atom. The van der Waals surface area contributed by atoms with E-state index in [9.17, 15) is 62.6 Å². The molecule has 0 saturated carbocycles. The number of amides is 8. The van der Waals surface area contributed by atoms with E-state index in [2.05, 4.69) is 21.3 Å². The van der Waals surface area contributed by atoms with E-state index in [1.807, 2.05) is 13.8 Å². The molecule has 2 fully saturated rings. The van der Waals surface area contributed by atoms with Crippen LogP contribution in [0.1, 0.15) is 117 Å². The number of nitrogens with zero attached hydrogens (tertiary/aromatic N) is 1. The standard InChI is InChI=1S/C48H70N8O13/c1-5-27(4)44-39(61)20-29(10-14-40(49)62)46(67)54-35(23-41(50)63)37(59)21-30(11-15-43(65)52-24-34(58)19-32(47(68)55-44)18-28-8-12-33(57)13-9-28)48(69)56-16-6-7-36(56)38(60)22-31(17-26(2)3)45(66)53-25-42(51)64/h8-9,12-13,26-27,29-32,35-36,44,57H,5-7,10-11,14-25H2,1-4H3,(H2,49,62)(H2,50,63)(H2,51,64)(H,52,65)(H,53,66)(H,54,67)(H,55,68)/t27-,29+,30+,31+,32+,35-,36-,44-/m0/s1. The molecule has 8 atom stereocenters. The second kappa shape index (κ2) is 27.5. The predicted octanol–water partition coefficient (Wildman–Crippen LogP) is -0.0585. The molecule has 21 heteroatoms. The number of rotatable bonds is 18. The quantitative estimate of drug-likeness (QED) is 0.0958. The molecule has 380 valence electrons. The molecule has 1 aromatic rings. The van der Waals surface area contributed by atoms with E-state index in [0.717, 1.165) is 0 Å². The summed E-state index contributed by atoms with van der Waals surface area (Å²) in [5.41, 5.74) is 16.8. The molecule has 0 aliphatic carbocycles. The number of hydrogen-bond acceptors (Lipinski definition) is 13. The lowest BCUT2D eigenvalue weighted by Gasteiger charge is -2.30. The number of Topliss-reactive ketones (excluding diaryl/α,β-unsaturated/α-hetero) is 4. The van der Waals surface area contributed by atoms with Gasteiger partial charge in [0.15, 0.2) is 23.1 Å². The van der Waals surface area contributed by atoms with E-state index < -0.39 is 157 Å². The van der Waals surface area contributed by atoms with Crippen molar-refractivity contribution in [1.82, 2.24) is 26.2 Å². The molecule has 0 radical (unpaired) electrons. The molecule has 1 aromatic carbocycles. The Morgan fingerprint density at radius 3 is 2.10 bits per heavy atom. The number of ketones is 4. The molecule has 0 spiro atoms. The highest BCUT2D eigenvalue weighted by Gasteiger charge is 2.41. The highest BCUT2D eigenvalue weighted by molar-refractivity contribution is 5.99. The molecule has 0 aromatic heterocycles. The van der Waals surface area contributed by atoms with Crippen LogP contribution >= 0.6 is 0 Å². The number of carbonyl (C=O) groups excluding carboxylic acids is 12. The van der Waals surface area contributed by atoms with Gasteiger partial charge in [0.2, 0.25) is 47.3 Å². The number of nitrogens with two attached hydrogens (primary N) is 3. The Morgan fingerprint density at radius 1 is 0.826 bits per heavy atom. The van der Waals surface area contributed by atoms with Crippen molar-refractivity contribution in [3.63, 3.8) is 0 Å². The van der Waals surface area contributed by atoms with Crippen LogP contribution in [0.15, 0.2) is 24.3 Å². The van der Waals surface area contributed by atoms with Gasteiger partial charge in [-0.25, -0.2) is 0 Å². The summed E-state index contributed by atoms with van der Waals surface area (Å²) in [5, 5.41) is 20.1. The minimum absolute atomic E-state index is 0.00317. The minimum Gasteiger partial charge on any atom is -0.508 e. The number of aromatic hydroxyl groups is 1. The average molecular weight is 967 g/mol. The van der Waals surface area contributed by atoms with Gasteiger partial charge in [-0.1, -0.05) is 46.2 Å². The van der Waals surface area contributed by atoms with Gasteiger partial charge in [-0.15, -0.1) is 0 Å². The zero-order valence-electron chi connectivity index (χ0n) is 40.1. The molecule has 2 aliphatic rings. The monoisotopic (exact) mass is 967 g/mol. The fourth-order valence-corrected chi connectivity index (χ4v) is 8.75. The van der Waals surface area contributed by atoms with Crippen LogP contribution in [-0.2, 0) is 64.0 Å². The molecule has 69 heavy (non-hydrogen) atoms. The lowest BCUT2D eigenvalue weighted by atomic mass is 9.86. The van der Waals surface area contributed by atoms with Gasteiger partial charge in [0.1, 0.15) is 5.75 Å². The third kappa shape index (κ3) is 18.8. The highest BCUT2D eigenvalue weighted by atomic mass is 16.3. The molecule has 3 rings (SSSR count).